The molecule has 2 aromatic rings. The highest BCUT2D eigenvalue weighted by Gasteiger charge is 2.07. The molecule has 0 saturated carbocycles. The number of benzene rings is 1. The summed E-state index contributed by atoms with van der Waals surface area (Å²) < 4.78 is 6.10. The van der Waals surface area contributed by atoms with Crippen LogP contribution in [0.2, 0.25) is 0 Å². The molecule has 0 amide bonds. The number of aryl methyl sites for hydroxylation is 1. The molecule has 92 valence electrons. The molecule has 0 spiro atoms. The van der Waals surface area contributed by atoms with Crippen LogP contribution in [0.5, 0.6) is 5.75 Å². The molecule has 0 bridgehead atoms. The molecule has 18 heavy (non-hydrogen) atoms. The Kier molecular flexibility index (Phi) is 4.34. The summed E-state index contributed by atoms with van der Waals surface area (Å²) in [6.45, 7) is 0. The van der Waals surface area contributed by atoms with Gasteiger partial charge in [-0.3, -0.25) is 0 Å². The zero-order valence-electron chi connectivity index (χ0n) is 9.81. The van der Waals surface area contributed by atoms with Crippen LogP contribution < -0.4 is 4.74 Å². The summed E-state index contributed by atoms with van der Waals surface area (Å²) in [5, 5.41) is 11.6. The molecule has 1 heterocycles. The molecule has 2 rings (SSSR count). The average Bonchev–Trinajstić information content (AvgIpc) is 2.85. The van der Waals surface area contributed by atoms with E-state index in [0.717, 1.165) is 32.9 Å². The maximum absolute atomic E-state index is 8.55. The van der Waals surface area contributed by atoms with Crippen LogP contribution in [0.4, 0.5) is 0 Å². The van der Waals surface area contributed by atoms with Crippen molar-refractivity contribution in [1.82, 2.24) is 4.98 Å². The van der Waals surface area contributed by atoms with E-state index < -0.39 is 0 Å². The lowest BCUT2D eigenvalue weighted by Gasteiger charge is -2.04. The van der Waals surface area contributed by atoms with Gasteiger partial charge in [0, 0.05) is 23.8 Å². The Balaban J connectivity index is 2.23. The van der Waals surface area contributed by atoms with Crippen LogP contribution in [-0.4, -0.2) is 12.1 Å². The van der Waals surface area contributed by atoms with Gasteiger partial charge in [0.05, 0.1) is 28.4 Å². The molecule has 0 aliphatic carbocycles. The average molecular weight is 323 g/mol. The van der Waals surface area contributed by atoms with E-state index in [1.807, 2.05) is 23.6 Å². The lowest BCUT2D eigenvalue weighted by atomic mass is 10.2. The fraction of sp³-hybridized carbons (Fsp3) is 0.231. The molecule has 0 atom stereocenters. The molecule has 1 aromatic heterocycles. The number of hydrogen-bond acceptors (Lipinski definition) is 4. The molecule has 0 unspecified atom stereocenters. The van der Waals surface area contributed by atoms with Gasteiger partial charge in [0.15, 0.2) is 0 Å². The van der Waals surface area contributed by atoms with Gasteiger partial charge in [-0.2, -0.15) is 5.26 Å². The number of methoxy groups -OCH3 is 1. The van der Waals surface area contributed by atoms with Gasteiger partial charge in [-0.25, -0.2) is 4.98 Å². The number of aromatic nitrogens is 1. The van der Waals surface area contributed by atoms with Crippen LogP contribution in [0.1, 0.15) is 11.4 Å². The zero-order chi connectivity index (χ0) is 13.0. The summed E-state index contributed by atoms with van der Waals surface area (Å²) in [6, 6.07) is 8.01. The Bertz CT molecular complexity index is 589. The minimum atomic E-state index is 0.513. The third-order valence-corrected chi connectivity index (χ3v) is 3.98. The van der Waals surface area contributed by atoms with Crippen LogP contribution in [0.25, 0.3) is 11.3 Å². The van der Waals surface area contributed by atoms with Gasteiger partial charge in [0.25, 0.3) is 0 Å². The van der Waals surface area contributed by atoms with Crippen LogP contribution in [-0.2, 0) is 6.42 Å². The number of nitriles is 1. The topological polar surface area (TPSA) is 45.9 Å². The number of thiazole rings is 1. The van der Waals surface area contributed by atoms with Gasteiger partial charge in [-0.05, 0) is 34.1 Å². The maximum Gasteiger partial charge on any atom is 0.133 e. The third-order valence-electron chi connectivity index (χ3n) is 2.45. The van der Waals surface area contributed by atoms with Crippen molar-refractivity contribution >= 4 is 27.3 Å². The summed E-state index contributed by atoms with van der Waals surface area (Å²) in [6.07, 6.45) is 1.23. The van der Waals surface area contributed by atoms with E-state index in [1.54, 1.807) is 18.4 Å². The van der Waals surface area contributed by atoms with Crippen LogP contribution in [0, 0.1) is 11.3 Å². The van der Waals surface area contributed by atoms with Gasteiger partial charge in [-0.1, -0.05) is 0 Å². The molecule has 0 radical (unpaired) electrons. The highest BCUT2D eigenvalue weighted by atomic mass is 79.9. The zero-order valence-corrected chi connectivity index (χ0v) is 12.2. The fourth-order valence-electron chi connectivity index (χ4n) is 1.55. The smallest absolute Gasteiger partial charge is 0.133 e. The number of rotatable bonds is 4. The Labute approximate surface area is 118 Å². The van der Waals surface area contributed by atoms with E-state index in [9.17, 15) is 0 Å². The fourth-order valence-corrected chi connectivity index (χ4v) is 2.89. The first-order valence-electron chi connectivity index (χ1n) is 5.40. The molecule has 0 N–H and O–H groups in total. The van der Waals surface area contributed by atoms with Crippen molar-refractivity contribution in [1.29, 1.82) is 5.26 Å². The van der Waals surface area contributed by atoms with E-state index in [2.05, 4.69) is 27.0 Å². The number of hydrogen-bond donors (Lipinski definition) is 0. The van der Waals surface area contributed by atoms with E-state index in [1.165, 1.54) is 0 Å². The second kappa shape index (κ2) is 5.98. The van der Waals surface area contributed by atoms with E-state index in [4.69, 9.17) is 10.00 Å². The maximum atomic E-state index is 8.55. The Morgan fingerprint density at radius 2 is 2.33 bits per heavy atom. The molecule has 3 nitrogen and oxygen atoms in total. The van der Waals surface area contributed by atoms with Crippen molar-refractivity contribution in [2.24, 2.45) is 0 Å². The lowest BCUT2D eigenvalue weighted by molar-refractivity contribution is 0.412. The number of ether oxygens (including phenoxy) is 1. The second-order valence-corrected chi connectivity index (χ2v) is 5.43. The van der Waals surface area contributed by atoms with Crippen molar-refractivity contribution < 1.29 is 4.74 Å². The second-order valence-electron chi connectivity index (χ2n) is 3.63. The quantitative estimate of drug-likeness (QED) is 0.853. The van der Waals surface area contributed by atoms with Gasteiger partial charge in [0.2, 0.25) is 0 Å². The van der Waals surface area contributed by atoms with Gasteiger partial charge >= 0.3 is 0 Å². The lowest BCUT2D eigenvalue weighted by Crippen LogP contribution is -1.86. The minimum absolute atomic E-state index is 0.513. The first kappa shape index (κ1) is 13.1. The van der Waals surface area contributed by atoms with Gasteiger partial charge in [-0.15, -0.1) is 11.3 Å². The third kappa shape index (κ3) is 2.89. The normalized spacial score (nSPS) is 10.1. The van der Waals surface area contributed by atoms with Gasteiger partial charge in [0.1, 0.15) is 5.75 Å². The highest BCUT2D eigenvalue weighted by molar-refractivity contribution is 9.10. The Hall–Kier alpha value is -1.38. The molecule has 0 aliphatic rings. The van der Waals surface area contributed by atoms with E-state index in [-0.39, 0.29) is 0 Å². The van der Waals surface area contributed by atoms with E-state index in [0.29, 0.717) is 6.42 Å². The summed E-state index contributed by atoms with van der Waals surface area (Å²) >= 11 is 5.05. The summed E-state index contributed by atoms with van der Waals surface area (Å²) in [7, 11) is 1.64. The molecule has 0 aliphatic heterocycles. The first-order valence-corrected chi connectivity index (χ1v) is 7.07. The predicted molar refractivity (Wildman–Crippen MR) is 75.7 cm³/mol. The number of halogens is 1. The van der Waals surface area contributed by atoms with Crippen molar-refractivity contribution in [2.45, 2.75) is 12.8 Å². The SMILES string of the molecule is COc1ccc(-c2csc(CCC#N)n2)cc1Br. The molecule has 5 heteroatoms. The molecular weight excluding hydrogens is 312 g/mol. The minimum Gasteiger partial charge on any atom is -0.496 e. The highest BCUT2D eigenvalue weighted by Crippen LogP contribution is 2.31. The monoisotopic (exact) mass is 322 g/mol. The first-order chi connectivity index (χ1) is 8.74. The van der Waals surface area contributed by atoms with Crippen molar-refractivity contribution in [3.8, 4) is 23.1 Å². The summed E-state index contributed by atoms with van der Waals surface area (Å²) in [5.41, 5.74) is 1.98. The van der Waals surface area contributed by atoms with Crippen LogP contribution in [0.3, 0.4) is 0 Å². The van der Waals surface area contributed by atoms with Gasteiger partial charge < -0.3 is 4.74 Å². The standard InChI is InChI=1S/C13H11BrN2OS/c1-17-12-5-4-9(7-10(12)14)11-8-18-13(16-11)3-2-6-15/h4-5,7-8H,2-3H2,1H3. The molecule has 0 fully saturated rings. The van der Waals surface area contributed by atoms with Crippen LogP contribution >= 0.6 is 27.3 Å². The van der Waals surface area contributed by atoms with Crippen LogP contribution in [0.15, 0.2) is 28.1 Å². The van der Waals surface area contributed by atoms with E-state index >= 15 is 0 Å². The number of nitrogens with zero attached hydrogens (tertiary/aromatic N) is 2. The van der Waals surface area contributed by atoms with Crippen molar-refractivity contribution in [3.63, 3.8) is 0 Å². The summed E-state index contributed by atoms with van der Waals surface area (Å²) in [4.78, 5) is 4.52. The largest absolute Gasteiger partial charge is 0.496 e. The van der Waals surface area contributed by atoms with Crippen molar-refractivity contribution in [3.05, 3.63) is 33.1 Å². The summed E-state index contributed by atoms with van der Waals surface area (Å²) in [5.74, 6) is 0.804. The molecule has 0 saturated heterocycles. The predicted octanol–water partition coefficient (Wildman–Crippen LogP) is 4.04. The Morgan fingerprint density at radius 1 is 1.50 bits per heavy atom. The Morgan fingerprint density at radius 3 is 3.00 bits per heavy atom. The molecular formula is C13H11BrN2OS. The van der Waals surface area contributed by atoms with Crippen molar-refractivity contribution in [2.75, 3.05) is 7.11 Å². The molecule has 1 aromatic carbocycles.